The van der Waals surface area contributed by atoms with E-state index in [2.05, 4.69) is 35.1 Å². The van der Waals surface area contributed by atoms with Crippen molar-refractivity contribution in [1.82, 2.24) is 49.1 Å². The Balaban J connectivity index is 0.000000183. The molecule has 2 fully saturated rings. The van der Waals surface area contributed by atoms with Crippen LogP contribution in [0.15, 0.2) is 82.9 Å². The minimum Gasteiger partial charge on any atom is -0.489 e. The number of fused-ring (bicyclic) bond motifs is 4. The van der Waals surface area contributed by atoms with Crippen LogP contribution >= 0.6 is 0 Å². The lowest BCUT2D eigenvalue weighted by atomic mass is 10.0. The van der Waals surface area contributed by atoms with Crippen molar-refractivity contribution in [3.63, 3.8) is 0 Å². The van der Waals surface area contributed by atoms with E-state index in [1.54, 1.807) is 38.6 Å². The van der Waals surface area contributed by atoms with Gasteiger partial charge in [0.15, 0.2) is 23.0 Å². The van der Waals surface area contributed by atoms with Crippen molar-refractivity contribution in [2.45, 2.75) is 103 Å². The Morgan fingerprint density at radius 3 is 1.64 bits per heavy atom. The molecule has 4 aliphatic rings. The molecule has 0 aromatic carbocycles. The molecule has 0 spiro atoms. The number of ether oxygens (including phenoxy) is 5. The van der Waals surface area contributed by atoms with E-state index in [-0.39, 0.29) is 23.3 Å². The van der Waals surface area contributed by atoms with Gasteiger partial charge >= 0.3 is 6.09 Å². The first-order valence-corrected chi connectivity index (χ1v) is 25.3. The quantitative estimate of drug-likeness (QED) is 0.143. The highest BCUT2D eigenvalue weighted by Gasteiger charge is 2.32. The molecule has 20 heteroatoms. The summed E-state index contributed by atoms with van der Waals surface area (Å²) >= 11 is 0. The molecule has 4 aliphatic heterocycles. The van der Waals surface area contributed by atoms with E-state index < -0.39 is 17.2 Å². The van der Waals surface area contributed by atoms with E-state index in [4.69, 9.17) is 23.7 Å². The Hall–Kier alpha value is -6.77. The van der Waals surface area contributed by atoms with Crippen LogP contribution < -0.4 is 35.4 Å². The number of nitrogens with zero attached hydrogens (tertiary/aromatic N) is 9. The minimum absolute atomic E-state index is 0.0394. The van der Waals surface area contributed by atoms with Crippen LogP contribution in [0, 0.1) is 11.6 Å². The van der Waals surface area contributed by atoms with Gasteiger partial charge in [-0.3, -0.25) is 34.4 Å². The lowest BCUT2D eigenvalue weighted by Crippen LogP contribution is -2.49. The van der Waals surface area contributed by atoms with Gasteiger partial charge in [0.1, 0.15) is 17.2 Å². The zero-order valence-corrected chi connectivity index (χ0v) is 41.8. The highest BCUT2D eigenvalue weighted by Crippen LogP contribution is 2.31. The number of rotatable bonds is 12. The molecule has 1 N–H and O–H groups in total. The number of aromatic nitrogens is 6. The Bertz CT molecular complexity index is 2990. The maximum atomic E-state index is 13.8. The summed E-state index contributed by atoms with van der Waals surface area (Å²) in [6.45, 7) is 14.7. The number of nitrogens with one attached hydrogen (secondary N) is 1. The van der Waals surface area contributed by atoms with Gasteiger partial charge in [-0.05, 0) is 71.7 Å². The minimum atomic E-state index is -0.631. The number of hydrogen-bond donors (Lipinski definition) is 1. The number of likely N-dealkylation sites (tertiary alicyclic amines) is 2. The summed E-state index contributed by atoms with van der Waals surface area (Å²) in [5, 5.41) is 3.60. The zero-order chi connectivity index (χ0) is 50.9. The maximum Gasteiger partial charge on any atom is 0.410 e. The van der Waals surface area contributed by atoms with Crippen molar-refractivity contribution in [2.75, 3.05) is 65.7 Å². The number of pyridine rings is 6. The van der Waals surface area contributed by atoms with Gasteiger partial charge in [0.2, 0.25) is 0 Å². The van der Waals surface area contributed by atoms with E-state index in [1.165, 1.54) is 30.5 Å². The first kappa shape index (κ1) is 51.1. The molecule has 6 aromatic rings. The smallest absolute Gasteiger partial charge is 0.410 e. The first-order valence-electron chi connectivity index (χ1n) is 25.3. The van der Waals surface area contributed by atoms with E-state index in [1.807, 2.05) is 32.9 Å². The van der Waals surface area contributed by atoms with Gasteiger partial charge in [0.25, 0.3) is 11.1 Å². The van der Waals surface area contributed by atoms with E-state index in [9.17, 15) is 23.2 Å². The summed E-state index contributed by atoms with van der Waals surface area (Å²) in [5.41, 5.74) is 2.93. The van der Waals surface area contributed by atoms with Gasteiger partial charge in [-0.15, -0.1) is 0 Å². The molecular weight excluding hydrogens is 943 g/mol. The molecule has 73 heavy (non-hydrogen) atoms. The molecule has 6 aromatic heterocycles. The van der Waals surface area contributed by atoms with Crippen LogP contribution in [0.1, 0.15) is 70.7 Å². The van der Waals surface area contributed by atoms with Crippen LogP contribution in [0.3, 0.4) is 0 Å². The zero-order valence-electron chi connectivity index (χ0n) is 41.8. The topological polar surface area (TPSA) is 181 Å². The Morgan fingerprint density at radius 2 is 1.12 bits per heavy atom. The molecule has 2 saturated heterocycles. The van der Waals surface area contributed by atoms with Gasteiger partial charge in [-0.1, -0.05) is 0 Å². The summed E-state index contributed by atoms with van der Waals surface area (Å²) in [4.78, 5) is 61.8. The molecule has 0 bridgehead atoms. The van der Waals surface area contributed by atoms with Gasteiger partial charge in [0.05, 0.1) is 91.2 Å². The van der Waals surface area contributed by atoms with Crippen LogP contribution in [0.2, 0.25) is 0 Å². The van der Waals surface area contributed by atoms with Crippen molar-refractivity contribution in [2.24, 2.45) is 0 Å². The predicted molar refractivity (Wildman–Crippen MR) is 269 cm³/mol. The molecule has 18 nitrogen and oxygen atoms in total. The molecule has 0 aliphatic carbocycles. The summed E-state index contributed by atoms with van der Waals surface area (Å²) < 4.78 is 59.4. The van der Waals surface area contributed by atoms with Crippen LogP contribution in [0.25, 0.3) is 22.1 Å². The van der Waals surface area contributed by atoms with Crippen molar-refractivity contribution in [3.8, 4) is 23.0 Å². The number of amides is 1. The molecule has 0 radical (unpaired) electrons. The number of carbonyl (C=O) groups excluding carboxylic acids is 1. The van der Waals surface area contributed by atoms with Crippen molar-refractivity contribution >= 4 is 28.2 Å². The highest BCUT2D eigenvalue weighted by molar-refractivity contribution is 5.75. The fourth-order valence-electron chi connectivity index (χ4n) is 9.53. The number of piperidine rings is 2. The predicted octanol–water partition coefficient (Wildman–Crippen LogP) is 6.34. The molecule has 10 heterocycles. The fourth-order valence-corrected chi connectivity index (χ4v) is 9.53. The normalized spacial score (nSPS) is 16.8. The Kier molecular flexibility index (Phi) is 16.4. The largest absolute Gasteiger partial charge is 0.489 e. The standard InChI is InChI=1S/C29H36FN5O5.C24H28FN5O3/c1-29(2,3)40-28(37)35(19-21-16-25-26(18-31-21)39-14-4-13-38-25)22-7-9-33(10-8-22)11-12-34-24-15-20(30)17-32-23(24)5-6-27(34)36;25-17-12-21-20(28-14-17)2-3-24(31)30(21)9-8-29-6-4-18(5-7-29)26-15-19-13-22-23(16-27-19)33-11-1-10-32-22/h5-6,15-18,22H,4,7-14,19H2,1-3H3;2-3,12-14,16,18,26H,1,4-11,15H2. The average Bonchev–Trinajstić information content (AvgIpc) is 3.77. The van der Waals surface area contributed by atoms with Gasteiger partial charge in [-0.25, -0.2) is 13.6 Å². The third-order valence-corrected chi connectivity index (χ3v) is 13.4. The fraction of sp³-hybridized carbons (Fsp3) is 0.491. The van der Waals surface area contributed by atoms with E-state index >= 15 is 0 Å². The van der Waals surface area contributed by atoms with Crippen molar-refractivity contribution in [3.05, 3.63) is 117 Å². The lowest BCUT2D eigenvalue weighted by Gasteiger charge is -2.39. The molecule has 0 saturated carbocycles. The van der Waals surface area contributed by atoms with Gasteiger partial charge in [0, 0.05) is 107 Å². The van der Waals surface area contributed by atoms with Crippen LogP contribution in [-0.2, 0) is 30.9 Å². The van der Waals surface area contributed by atoms with Crippen LogP contribution in [0.5, 0.6) is 23.0 Å². The summed E-state index contributed by atoms with van der Waals surface area (Å²) in [6, 6.07) is 13.1. The summed E-state index contributed by atoms with van der Waals surface area (Å²) in [6.07, 6.45) is 10.6. The molecule has 10 rings (SSSR count). The SMILES string of the molecule is CC(C)(C)OC(=O)N(Cc1cc2c(cn1)OCCCO2)C1CCN(CCn2c(=O)ccc3ncc(F)cc32)CC1.O=c1ccc2ncc(F)cc2n1CCN1CCC(NCc2cc3c(cn2)OCCCO3)CC1. The highest BCUT2D eigenvalue weighted by atomic mass is 19.1. The molecule has 0 atom stereocenters. The number of hydrogen-bond acceptors (Lipinski definition) is 15. The molecule has 0 unspecified atom stereocenters. The van der Waals surface area contributed by atoms with Crippen molar-refractivity contribution in [1.29, 1.82) is 0 Å². The maximum absolute atomic E-state index is 13.8. The van der Waals surface area contributed by atoms with Gasteiger partial charge in [-0.2, -0.15) is 0 Å². The number of carbonyl (C=O) groups is 1. The average molecular weight is 1010 g/mol. The Morgan fingerprint density at radius 1 is 0.644 bits per heavy atom. The van der Waals surface area contributed by atoms with Gasteiger partial charge < -0.3 is 47.9 Å². The van der Waals surface area contributed by atoms with Crippen molar-refractivity contribution < 1.29 is 37.3 Å². The molecule has 1 amide bonds. The van der Waals surface area contributed by atoms with Crippen LogP contribution in [0.4, 0.5) is 13.6 Å². The molecular formula is C53H64F2N10O8. The second kappa shape index (κ2) is 23.4. The second-order valence-corrected chi connectivity index (χ2v) is 19.8. The first-order chi connectivity index (χ1) is 35.3. The Labute approximate surface area is 422 Å². The summed E-state index contributed by atoms with van der Waals surface area (Å²) in [7, 11) is 0. The van der Waals surface area contributed by atoms with Crippen LogP contribution in [-0.4, -0.2) is 133 Å². The monoisotopic (exact) mass is 1010 g/mol. The second-order valence-electron chi connectivity index (χ2n) is 19.8. The summed E-state index contributed by atoms with van der Waals surface area (Å²) in [5.74, 6) is 1.83. The lowest BCUT2D eigenvalue weighted by molar-refractivity contribution is 0.00530. The third kappa shape index (κ3) is 13.5. The third-order valence-electron chi connectivity index (χ3n) is 13.4. The molecule has 388 valence electrons. The van der Waals surface area contributed by atoms with E-state index in [0.717, 1.165) is 88.9 Å². The number of halogens is 2. The van der Waals surface area contributed by atoms with E-state index in [0.29, 0.717) is 110 Å².